The third-order valence-electron chi connectivity index (χ3n) is 6.35. The van der Waals surface area contributed by atoms with Crippen LogP contribution in [0.15, 0.2) is 102 Å². The van der Waals surface area contributed by atoms with E-state index in [1.165, 1.54) is 11.8 Å². The molecule has 0 radical (unpaired) electrons. The van der Waals surface area contributed by atoms with Crippen LogP contribution in [0.5, 0.6) is 0 Å². The fourth-order valence-corrected chi connectivity index (χ4v) is 4.60. The lowest BCUT2D eigenvalue weighted by Gasteiger charge is -2.16. The largest absolute Gasteiger partial charge is 0.306 e. The molecule has 36 heavy (non-hydrogen) atoms. The molecule has 0 aliphatic heterocycles. The highest BCUT2D eigenvalue weighted by atomic mass is 35.5. The topological polar surface area (TPSA) is 74.4 Å². The summed E-state index contributed by atoms with van der Waals surface area (Å²) in [7, 11) is 0. The minimum atomic E-state index is -0.235. The molecule has 0 saturated heterocycles. The molecule has 6 aromatic rings. The van der Waals surface area contributed by atoms with Crippen LogP contribution in [-0.4, -0.2) is 20.2 Å². The van der Waals surface area contributed by atoms with Crippen LogP contribution in [0.3, 0.4) is 0 Å². The lowest BCUT2D eigenvalue weighted by atomic mass is 9.89. The van der Waals surface area contributed by atoms with E-state index in [-0.39, 0.29) is 5.56 Å². The van der Waals surface area contributed by atoms with E-state index in [2.05, 4.69) is 81.7 Å². The zero-order valence-corrected chi connectivity index (χ0v) is 20.2. The van der Waals surface area contributed by atoms with Crippen molar-refractivity contribution in [3.05, 3.63) is 118 Å². The molecule has 0 amide bonds. The van der Waals surface area contributed by atoms with Crippen LogP contribution >= 0.6 is 11.6 Å². The average Bonchev–Trinajstić information content (AvgIpc) is 3.39. The lowest BCUT2D eigenvalue weighted by molar-refractivity contribution is 1.09. The second-order valence-electron chi connectivity index (χ2n) is 8.73. The van der Waals surface area contributed by atoms with Gasteiger partial charge in [-0.15, -0.1) is 0 Å². The molecular formula is C30H21ClN4O. The van der Waals surface area contributed by atoms with Gasteiger partial charge in [-0.25, -0.2) is 4.98 Å². The molecule has 2 aromatic heterocycles. The standard InChI is InChI=1S/C30H21ClN4O/c1-18-5-7-19(8-6-18)20-9-11-22(12-10-20)27-24(21-13-15-23(31)16-14-21)3-2-4-25(27)28-33-29-26(17-32-35-29)30(36)34-28/h2-17H,1H3,(H2,32,33,34,35,36). The van der Waals surface area contributed by atoms with Gasteiger partial charge >= 0.3 is 0 Å². The first-order chi connectivity index (χ1) is 17.6. The summed E-state index contributed by atoms with van der Waals surface area (Å²) in [6, 6.07) is 30.7. The summed E-state index contributed by atoms with van der Waals surface area (Å²) in [5, 5.41) is 7.89. The van der Waals surface area contributed by atoms with E-state index in [1.54, 1.807) is 0 Å². The number of halogens is 1. The number of hydrogen-bond donors (Lipinski definition) is 2. The minimum Gasteiger partial charge on any atom is -0.306 e. The van der Waals surface area contributed by atoms with Gasteiger partial charge in [-0.1, -0.05) is 96.0 Å². The highest BCUT2D eigenvalue weighted by Crippen LogP contribution is 2.40. The van der Waals surface area contributed by atoms with Crippen molar-refractivity contribution in [2.45, 2.75) is 6.92 Å². The van der Waals surface area contributed by atoms with E-state index < -0.39 is 0 Å². The minimum absolute atomic E-state index is 0.235. The zero-order valence-electron chi connectivity index (χ0n) is 19.4. The average molecular weight is 489 g/mol. The van der Waals surface area contributed by atoms with Crippen LogP contribution in [0.1, 0.15) is 5.56 Å². The molecule has 0 bridgehead atoms. The van der Waals surface area contributed by atoms with Crippen molar-refractivity contribution < 1.29 is 0 Å². The highest BCUT2D eigenvalue weighted by molar-refractivity contribution is 6.30. The van der Waals surface area contributed by atoms with Gasteiger partial charge in [0.1, 0.15) is 11.2 Å². The van der Waals surface area contributed by atoms with Crippen molar-refractivity contribution in [3.8, 4) is 44.8 Å². The third kappa shape index (κ3) is 4.00. The lowest BCUT2D eigenvalue weighted by Crippen LogP contribution is -2.09. The maximum Gasteiger partial charge on any atom is 0.262 e. The van der Waals surface area contributed by atoms with Gasteiger partial charge in [0.2, 0.25) is 0 Å². The molecule has 0 saturated carbocycles. The number of nitrogens with one attached hydrogen (secondary N) is 2. The molecule has 0 spiro atoms. The van der Waals surface area contributed by atoms with E-state index in [1.807, 2.05) is 36.4 Å². The number of nitrogens with zero attached hydrogens (tertiary/aromatic N) is 2. The summed E-state index contributed by atoms with van der Waals surface area (Å²) in [6.07, 6.45) is 1.49. The molecule has 0 atom stereocenters. The number of rotatable bonds is 4. The molecule has 4 aromatic carbocycles. The quantitative estimate of drug-likeness (QED) is 0.274. The molecule has 0 fully saturated rings. The predicted octanol–water partition coefficient (Wildman–Crippen LogP) is 7.28. The molecular weight excluding hydrogens is 468 g/mol. The summed E-state index contributed by atoms with van der Waals surface area (Å²) >= 11 is 6.17. The Kier molecular flexibility index (Phi) is 5.47. The van der Waals surface area contributed by atoms with Crippen LogP contribution in [0.4, 0.5) is 0 Å². The van der Waals surface area contributed by atoms with Crippen molar-refractivity contribution >= 4 is 22.6 Å². The van der Waals surface area contributed by atoms with E-state index >= 15 is 0 Å². The Morgan fingerprint density at radius 1 is 0.722 bits per heavy atom. The monoisotopic (exact) mass is 488 g/mol. The van der Waals surface area contributed by atoms with E-state index in [0.29, 0.717) is 21.9 Å². The summed E-state index contributed by atoms with van der Waals surface area (Å²) in [4.78, 5) is 20.4. The van der Waals surface area contributed by atoms with E-state index in [4.69, 9.17) is 11.6 Å². The van der Waals surface area contributed by atoms with Gasteiger partial charge in [0.25, 0.3) is 5.56 Å². The van der Waals surface area contributed by atoms with Gasteiger partial charge in [0, 0.05) is 16.1 Å². The Bertz CT molecular complexity index is 1750. The number of aromatic amines is 2. The Labute approximate surface area is 212 Å². The molecule has 2 heterocycles. The predicted molar refractivity (Wildman–Crippen MR) is 146 cm³/mol. The van der Waals surface area contributed by atoms with E-state index in [9.17, 15) is 4.79 Å². The van der Waals surface area contributed by atoms with Gasteiger partial charge in [-0.2, -0.15) is 5.10 Å². The molecule has 174 valence electrons. The Morgan fingerprint density at radius 2 is 1.33 bits per heavy atom. The number of hydrogen-bond acceptors (Lipinski definition) is 3. The Hall–Kier alpha value is -4.48. The summed E-state index contributed by atoms with van der Waals surface area (Å²) < 4.78 is 0. The number of fused-ring (bicyclic) bond motifs is 1. The first-order valence-corrected chi connectivity index (χ1v) is 11.9. The van der Waals surface area contributed by atoms with E-state index in [0.717, 1.165) is 38.9 Å². The van der Waals surface area contributed by atoms with Gasteiger partial charge in [-0.3, -0.25) is 9.89 Å². The molecule has 0 unspecified atom stereocenters. The Balaban J connectivity index is 1.56. The van der Waals surface area contributed by atoms with Gasteiger partial charge in [0.05, 0.1) is 6.20 Å². The number of benzene rings is 4. The van der Waals surface area contributed by atoms with Crippen LogP contribution in [0.25, 0.3) is 55.8 Å². The van der Waals surface area contributed by atoms with Crippen molar-refractivity contribution in [2.75, 3.05) is 0 Å². The normalized spacial score (nSPS) is 11.2. The van der Waals surface area contributed by atoms with Gasteiger partial charge in [0.15, 0.2) is 5.65 Å². The molecule has 6 heteroatoms. The van der Waals surface area contributed by atoms with Crippen molar-refractivity contribution in [1.29, 1.82) is 0 Å². The van der Waals surface area contributed by atoms with Crippen molar-refractivity contribution in [2.24, 2.45) is 0 Å². The second-order valence-corrected chi connectivity index (χ2v) is 9.16. The maximum absolute atomic E-state index is 12.7. The van der Waals surface area contributed by atoms with Gasteiger partial charge < -0.3 is 4.98 Å². The number of aryl methyl sites for hydroxylation is 1. The summed E-state index contributed by atoms with van der Waals surface area (Å²) in [6.45, 7) is 2.08. The van der Waals surface area contributed by atoms with Crippen LogP contribution < -0.4 is 5.56 Å². The molecule has 2 N–H and O–H groups in total. The molecule has 0 aliphatic carbocycles. The molecule has 5 nitrogen and oxygen atoms in total. The van der Waals surface area contributed by atoms with Crippen LogP contribution in [0.2, 0.25) is 5.02 Å². The zero-order chi connectivity index (χ0) is 24.6. The second kappa shape index (κ2) is 8.95. The Morgan fingerprint density at radius 3 is 2.06 bits per heavy atom. The third-order valence-corrected chi connectivity index (χ3v) is 6.60. The first kappa shape index (κ1) is 22.0. The smallest absolute Gasteiger partial charge is 0.262 e. The number of H-pyrrole nitrogens is 2. The fourth-order valence-electron chi connectivity index (χ4n) is 4.48. The van der Waals surface area contributed by atoms with Crippen molar-refractivity contribution in [3.63, 3.8) is 0 Å². The molecule has 0 aliphatic rings. The summed E-state index contributed by atoms with van der Waals surface area (Å²) in [5.74, 6) is 0.477. The molecule has 6 rings (SSSR count). The van der Waals surface area contributed by atoms with Crippen LogP contribution in [-0.2, 0) is 0 Å². The first-order valence-electron chi connectivity index (χ1n) is 11.6. The maximum atomic E-state index is 12.7. The van der Waals surface area contributed by atoms with Gasteiger partial charge in [-0.05, 0) is 46.9 Å². The number of aromatic nitrogens is 4. The van der Waals surface area contributed by atoms with Crippen LogP contribution in [0, 0.1) is 6.92 Å². The summed E-state index contributed by atoms with van der Waals surface area (Å²) in [5.41, 5.74) is 8.57. The van der Waals surface area contributed by atoms with Crippen molar-refractivity contribution in [1.82, 2.24) is 20.2 Å². The SMILES string of the molecule is Cc1ccc(-c2ccc(-c3c(-c4ccc(Cl)cc4)cccc3-c3nc4[nH]ncc4c(=O)[nH]3)cc2)cc1. The highest BCUT2D eigenvalue weighted by Gasteiger charge is 2.17. The fraction of sp³-hybridized carbons (Fsp3) is 0.0333.